The van der Waals surface area contributed by atoms with Crippen molar-refractivity contribution in [3.05, 3.63) is 28.7 Å². The molecule has 1 saturated heterocycles. The summed E-state index contributed by atoms with van der Waals surface area (Å²) in [6.45, 7) is 5.16. The van der Waals surface area contributed by atoms with E-state index >= 15 is 0 Å². The van der Waals surface area contributed by atoms with Gasteiger partial charge in [0.1, 0.15) is 12.0 Å². The Morgan fingerprint density at radius 1 is 1.45 bits per heavy atom. The van der Waals surface area contributed by atoms with Crippen molar-refractivity contribution < 1.29 is 0 Å². The summed E-state index contributed by atoms with van der Waals surface area (Å²) in [5, 5.41) is 5.45. The van der Waals surface area contributed by atoms with Crippen molar-refractivity contribution in [1.29, 1.82) is 0 Å². The van der Waals surface area contributed by atoms with Gasteiger partial charge in [0.25, 0.3) is 0 Å². The molecular formula is C16H23N5S. The van der Waals surface area contributed by atoms with Gasteiger partial charge in [-0.3, -0.25) is 0 Å². The van der Waals surface area contributed by atoms with Crippen LogP contribution in [-0.2, 0) is 6.42 Å². The number of aromatic nitrogens is 2. The number of rotatable bonds is 5. The normalized spacial score (nSPS) is 18.4. The van der Waals surface area contributed by atoms with Crippen molar-refractivity contribution >= 4 is 28.7 Å². The molecule has 1 unspecified atom stereocenters. The lowest BCUT2D eigenvalue weighted by Crippen LogP contribution is -2.35. The van der Waals surface area contributed by atoms with Crippen LogP contribution in [0.4, 0.5) is 17.3 Å². The molecule has 0 radical (unpaired) electrons. The van der Waals surface area contributed by atoms with E-state index < -0.39 is 0 Å². The Labute approximate surface area is 135 Å². The molecule has 1 aliphatic rings. The topological polar surface area (TPSA) is 67.1 Å². The number of hydrogen-bond acceptors (Lipinski definition) is 6. The Hall–Kier alpha value is -1.82. The fraction of sp³-hybridized carbons (Fsp3) is 0.500. The quantitative estimate of drug-likeness (QED) is 0.887. The summed E-state index contributed by atoms with van der Waals surface area (Å²) in [6, 6.07) is 4.23. The van der Waals surface area contributed by atoms with Crippen LogP contribution < -0.4 is 16.0 Å². The van der Waals surface area contributed by atoms with Gasteiger partial charge >= 0.3 is 0 Å². The molecule has 0 aromatic carbocycles. The third-order valence-corrected chi connectivity index (χ3v) is 5.00. The van der Waals surface area contributed by atoms with Gasteiger partial charge in [0.05, 0.1) is 0 Å². The molecule has 0 spiro atoms. The summed E-state index contributed by atoms with van der Waals surface area (Å²) in [6.07, 6.45) is 5.08. The maximum absolute atomic E-state index is 6.29. The van der Waals surface area contributed by atoms with Crippen LogP contribution in [0.2, 0.25) is 0 Å². The van der Waals surface area contributed by atoms with Gasteiger partial charge in [-0.25, -0.2) is 9.97 Å². The Balaban J connectivity index is 1.66. The predicted octanol–water partition coefficient (Wildman–Crippen LogP) is 3.01. The SMILES string of the molecule is CC1CCCN(c2ncnc(NCCc3cccs3)c2N)C1. The maximum Gasteiger partial charge on any atom is 0.157 e. The van der Waals surface area contributed by atoms with Crippen LogP contribution >= 0.6 is 11.3 Å². The van der Waals surface area contributed by atoms with Crippen LogP contribution in [0.1, 0.15) is 24.6 Å². The molecule has 3 rings (SSSR count). The largest absolute Gasteiger partial charge is 0.393 e. The second-order valence-electron chi connectivity index (χ2n) is 5.91. The fourth-order valence-electron chi connectivity index (χ4n) is 2.92. The minimum absolute atomic E-state index is 0.669. The first-order chi connectivity index (χ1) is 10.7. The van der Waals surface area contributed by atoms with Crippen LogP contribution in [0.15, 0.2) is 23.8 Å². The lowest BCUT2D eigenvalue weighted by atomic mass is 10.0. The van der Waals surface area contributed by atoms with Crippen molar-refractivity contribution in [2.75, 3.05) is 35.6 Å². The van der Waals surface area contributed by atoms with Crippen molar-refractivity contribution in [1.82, 2.24) is 9.97 Å². The van der Waals surface area contributed by atoms with Gasteiger partial charge in [-0.1, -0.05) is 13.0 Å². The molecule has 0 saturated carbocycles. The van der Waals surface area contributed by atoms with Gasteiger partial charge in [0, 0.05) is 24.5 Å². The predicted molar refractivity (Wildman–Crippen MR) is 93.6 cm³/mol. The summed E-state index contributed by atoms with van der Waals surface area (Å²) in [4.78, 5) is 12.4. The monoisotopic (exact) mass is 317 g/mol. The molecule has 6 heteroatoms. The summed E-state index contributed by atoms with van der Waals surface area (Å²) >= 11 is 1.78. The molecule has 1 fully saturated rings. The highest BCUT2D eigenvalue weighted by atomic mass is 32.1. The van der Waals surface area contributed by atoms with E-state index in [4.69, 9.17) is 5.73 Å². The van der Waals surface area contributed by atoms with Gasteiger partial charge in [-0.05, 0) is 36.6 Å². The van der Waals surface area contributed by atoms with Crippen molar-refractivity contribution in [3.8, 4) is 0 Å². The lowest BCUT2D eigenvalue weighted by Gasteiger charge is -2.32. The van der Waals surface area contributed by atoms with E-state index in [0.717, 1.165) is 37.7 Å². The minimum atomic E-state index is 0.669. The number of nitrogen functional groups attached to an aromatic ring is 1. The van der Waals surface area contributed by atoms with Gasteiger partial charge in [-0.15, -0.1) is 11.3 Å². The van der Waals surface area contributed by atoms with Crippen LogP contribution in [-0.4, -0.2) is 29.6 Å². The highest BCUT2D eigenvalue weighted by Gasteiger charge is 2.20. The maximum atomic E-state index is 6.29. The van der Waals surface area contributed by atoms with Crippen molar-refractivity contribution in [2.24, 2.45) is 5.92 Å². The van der Waals surface area contributed by atoms with Gasteiger partial charge in [0.15, 0.2) is 11.6 Å². The molecule has 0 bridgehead atoms. The molecule has 5 nitrogen and oxygen atoms in total. The summed E-state index contributed by atoms with van der Waals surface area (Å²) in [7, 11) is 0. The zero-order valence-corrected chi connectivity index (χ0v) is 13.8. The Morgan fingerprint density at radius 2 is 2.36 bits per heavy atom. The number of piperidine rings is 1. The second-order valence-corrected chi connectivity index (χ2v) is 6.94. The Morgan fingerprint density at radius 3 is 3.14 bits per heavy atom. The first-order valence-electron chi connectivity index (χ1n) is 7.85. The molecule has 1 atom stereocenters. The number of thiophene rings is 1. The highest BCUT2D eigenvalue weighted by Crippen LogP contribution is 2.29. The lowest BCUT2D eigenvalue weighted by molar-refractivity contribution is 0.445. The molecule has 0 amide bonds. The molecule has 22 heavy (non-hydrogen) atoms. The van der Waals surface area contributed by atoms with E-state index in [0.29, 0.717) is 11.6 Å². The number of nitrogens with zero attached hydrogens (tertiary/aromatic N) is 3. The molecule has 118 valence electrons. The van der Waals surface area contributed by atoms with Gasteiger partial charge < -0.3 is 16.0 Å². The van der Waals surface area contributed by atoms with Crippen LogP contribution in [0.3, 0.4) is 0 Å². The average Bonchev–Trinajstić information content (AvgIpc) is 3.02. The standard InChI is InChI=1S/C16H23N5S/c1-12-4-2-8-21(10-12)16-14(17)15(19-11-20-16)18-7-6-13-5-3-9-22-13/h3,5,9,11-12H,2,4,6-8,10,17H2,1H3,(H,18,19,20). The summed E-state index contributed by atoms with van der Waals surface area (Å²) in [5.74, 6) is 2.32. The zero-order valence-electron chi connectivity index (χ0n) is 13.0. The van der Waals surface area contributed by atoms with E-state index in [2.05, 4.69) is 44.6 Å². The number of nitrogens with two attached hydrogens (primary N) is 1. The number of anilines is 3. The Bertz CT molecular complexity index is 599. The van der Waals surface area contributed by atoms with Crippen molar-refractivity contribution in [2.45, 2.75) is 26.2 Å². The summed E-state index contributed by atoms with van der Waals surface area (Å²) in [5.41, 5.74) is 6.96. The van der Waals surface area contributed by atoms with E-state index in [1.165, 1.54) is 17.7 Å². The third kappa shape index (κ3) is 3.50. The fourth-order valence-corrected chi connectivity index (χ4v) is 3.63. The molecule has 0 aliphatic carbocycles. The Kier molecular flexibility index (Phi) is 4.77. The highest BCUT2D eigenvalue weighted by molar-refractivity contribution is 7.09. The molecule has 3 heterocycles. The molecule has 1 aliphatic heterocycles. The zero-order chi connectivity index (χ0) is 15.4. The molecule has 2 aromatic rings. The van der Waals surface area contributed by atoms with Crippen LogP contribution in [0, 0.1) is 5.92 Å². The smallest absolute Gasteiger partial charge is 0.157 e. The average molecular weight is 317 g/mol. The first-order valence-corrected chi connectivity index (χ1v) is 8.73. The third-order valence-electron chi connectivity index (χ3n) is 4.06. The molecule has 3 N–H and O–H groups in total. The van der Waals surface area contributed by atoms with Gasteiger partial charge in [0.2, 0.25) is 0 Å². The minimum Gasteiger partial charge on any atom is -0.393 e. The van der Waals surface area contributed by atoms with Gasteiger partial charge in [-0.2, -0.15) is 0 Å². The van der Waals surface area contributed by atoms with E-state index in [1.54, 1.807) is 17.7 Å². The second kappa shape index (κ2) is 6.96. The molecular weight excluding hydrogens is 294 g/mol. The van der Waals surface area contributed by atoms with E-state index in [9.17, 15) is 0 Å². The number of nitrogens with one attached hydrogen (secondary N) is 1. The molecule has 2 aromatic heterocycles. The van der Waals surface area contributed by atoms with Crippen LogP contribution in [0.5, 0.6) is 0 Å². The van der Waals surface area contributed by atoms with E-state index in [-0.39, 0.29) is 0 Å². The number of hydrogen-bond donors (Lipinski definition) is 2. The first kappa shape index (κ1) is 15.1. The summed E-state index contributed by atoms with van der Waals surface area (Å²) < 4.78 is 0. The van der Waals surface area contributed by atoms with Crippen molar-refractivity contribution in [3.63, 3.8) is 0 Å². The van der Waals surface area contributed by atoms with Crippen LogP contribution in [0.25, 0.3) is 0 Å². The van der Waals surface area contributed by atoms with E-state index in [1.807, 2.05) is 0 Å².